The van der Waals surface area contributed by atoms with Gasteiger partial charge in [0.25, 0.3) is 0 Å². The van der Waals surface area contributed by atoms with E-state index in [9.17, 15) is 0 Å². The molecule has 0 saturated carbocycles. The molecule has 3 aromatic rings. The van der Waals surface area contributed by atoms with Crippen LogP contribution in [0, 0.1) is 0 Å². The Kier molecular flexibility index (Phi) is 4.36. The Bertz CT molecular complexity index is 916. The van der Waals surface area contributed by atoms with Crippen molar-refractivity contribution in [2.45, 2.75) is 25.0 Å². The van der Waals surface area contributed by atoms with Gasteiger partial charge >= 0.3 is 0 Å². The zero-order chi connectivity index (χ0) is 18.1. The summed E-state index contributed by atoms with van der Waals surface area (Å²) in [5, 5.41) is 4.30. The lowest BCUT2D eigenvalue weighted by atomic mass is 9.89. The van der Waals surface area contributed by atoms with Crippen LogP contribution in [-0.2, 0) is 11.3 Å². The minimum Gasteiger partial charge on any atom is -0.378 e. The zero-order valence-electron chi connectivity index (χ0n) is 15.2. The van der Waals surface area contributed by atoms with Crippen LogP contribution >= 0.6 is 0 Å². The average Bonchev–Trinajstić information content (AvgIpc) is 3.24. The highest BCUT2D eigenvalue weighted by Crippen LogP contribution is 2.33. The summed E-state index contributed by atoms with van der Waals surface area (Å²) in [4.78, 5) is 2.60. The van der Waals surface area contributed by atoms with Crippen molar-refractivity contribution in [2.75, 3.05) is 13.2 Å². The number of nitrogens with zero attached hydrogens (tertiary/aromatic N) is 3. The quantitative estimate of drug-likeness (QED) is 0.709. The molecule has 4 heteroatoms. The number of morpholine rings is 1. The molecule has 5 rings (SSSR count). The van der Waals surface area contributed by atoms with E-state index in [1.165, 1.54) is 16.7 Å². The fraction of sp³-hybridized carbons (Fsp3) is 0.261. The van der Waals surface area contributed by atoms with Gasteiger partial charge in [0.15, 0.2) is 0 Å². The lowest BCUT2D eigenvalue weighted by molar-refractivity contribution is -0.0402. The maximum Gasteiger partial charge on any atom is 0.0658 e. The summed E-state index contributed by atoms with van der Waals surface area (Å²) in [6.45, 7) is 2.58. The molecular formula is C23H23N3O. The Balaban J connectivity index is 1.38. The Morgan fingerprint density at radius 2 is 1.81 bits per heavy atom. The summed E-state index contributed by atoms with van der Waals surface area (Å²) in [7, 11) is 0. The van der Waals surface area contributed by atoms with Gasteiger partial charge in [-0.3, -0.25) is 4.90 Å². The van der Waals surface area contributed by atoms with E-state index in [1.54, 1.807) is 6.20 Å². The summed E-state index contributed by atoms with van der Waals surface area (Å²) in [5.74, 6) is 0. The number of hydrogen-bond donors (Lipinski definition) is 0. The van der Waals surface area contributed by atoms with E-state index in [4.69, 9.17) is 4.74 Å². The van der Waals surface area contributed by atoms with Gasteiger partial charge in [0, 0.05) is 25.0 Å². The molecule has 2 aliphatic heterocycles. The molecule has 3 heterocycles. The zero-order valence-corrected chi connectivity index (χ0v) is 15.2. The van der Waals surface area contributed by atoms with Gasteiger partial charge in [0.2, 0.25) is 0 Å². The lowest BCUT2D eigenvalue weighted by Crippen LogP contribution is -2.53. The Morgan fingerprint density at radius 1 is 0.963 bits per heavy atom. The van der Waals surface area contributed by atoms with Crippen molar-refractivity contribution in [1.29, 1.82) is 0 Å². The highest BCUT2D eigenvalue weighted by molar-refractivity contribution is 5.68. The summed E-state index contributed by atoms with van der Waals surface area (Å²) in [6.07, 6.45) is 7.21. The van der Waals surface area contributed by atoms with Gasteiger partial charge in [-0.05, 0) is 41.3 Å². The maximum atomic E-state index is 5.86. The van der Waals surface area contributed by atoms with E-state index in [-0.39, 0.29) is 0 Å². The molecule has 0 amide bonds. The summed E-state index contributed by atoms with van der Waals surface area (Å²) >= 11 is 0. The smallest absolute Gasteiger partial charge is 0.0658 e. The van der Waals surface area contributed by atoms with Crippen molar-refractivity contribution in [1.82, 2.24) is 14.7 Å². The van der Waals surface area contributed by atoms with E-state index in [0.29, 0.717) is 12.1 Å². The second-order valence-electron chi connectivity index (χ2n) is 7.31. The largest absolute Gasteiger partial charge is 0.378 e. The van der Waals surface area contributed by atoms with Gasteiger partial charge in [-0.25, -0.2) is 4.68 Å². The van der Waals surface area contributed by atoms with Crippen molar-refractivity contribution in [3.8, 4) is 5.69 Å². The number of ether oxygens (including phenoxy) is 1. The minimum atomic E-state index is 0.346. The predicted molar refractivity (Wildman–Crippen MR) is 107 cm³/mol. The highest BCUT2D eigenvalue weighted by atomic mass is 16.5. The van der Waals surface area contributed by atoms with Crippen LogP contribution in [0.5, 0.6) is 0 Å². The van der Waals surface area contributed by atoms with Crippen molar-refractivity contribution < 1.29 is 4.74 Å². The Morgan fingerprint density at radius 3 is 2.56 bits per heavy atom. The molecule has 2 aliphatic rings. The van der Waals surface area contributed by atoms with E-state index >= 15 is 0 Å². The van der Waals surface area contributed by atoms with Crippen molar-refractivity contribution >= 4 is 5.57 Å². The fourth-order valence-corrected chi connectivity index (χ4v) is 4.17. The Labute approximate surface area is 159 Å². The monoisotopic (exact) mass is 357 g/mol. The number of rotatable bonds is 4. The van der Waals surface area contributed by atoms with Gasteiger partial charge in [-0.2, -0.15) is 5.10 Å². The molecule has 0 spiro atoms. The third-order valence-corrected chi connectivity index (χ3v) is 5.56. The van der Waals surface area contributed by atoms with Crippen LogP contribution in [0.25, 0.3) is 11.3 Å². The molecule has 0 radical (unpaired) electrons. The minimum absolute atomic E-state index is 0.346. The van der Waals surface area contributed by atoms with Gasteiger partial charge in [-0.1, -0.05) is 48.5 Å². The average molecular weight is 357 g/mol. The predicted octanol–water partition coefficient (Wildman–Crippen LogP) is 3.93. The van der Waals surface area contributed by atoms with Crippen LogP contribution in [0.2, 0.25) is 0 Å². The van der Waals surface area contributed by atoms with Gasteiger partial charge in [-0.15, -0.1) is 0 Å². The van der Waals surface area contributed by atoms with Crippen LogP contribution in [0.1, 0.15) is 17.5 Å². The maximum absolute atomic E-state index is 5.86. The molecule has 2 aromatic carbocycles. The second-order valence-corrected chi connectivity index (χ2v) is 7.31. The molecule has 1 fully saturated rings. The van der Waals surface area contributed by atoms with Gasteiger partial charge < -0.3 is 4.74 Å². The van der Waals surface area contributed by atoms with E-state index in [1.807, 2.05) is 16.9 Å². The second kappa shape index (κ2) is 7.14. The third-order valence-electron chi connectivity index (χ3n) is 5.56. The van der Waals surface area contributed by atoms with Crippen LogP contribution in [-0.4, -0.2) is 40.0 Å². The number of benzene rings is 2. The topological polar surface area (TPSA) is 30.3 Å². The SMILES string of the molecule is C1=C(c2ccc(-n3cccn3)cc2)CC2COCC1N2Cc1ccccc1. The summed E-state index contributed by atoms with van der Waals surface area (Å²) < 4.78 is 7.75. The summed E-state index contributed by atoms with van der Waals surface area (Å²) in [6, 6.07) is 22.2. The van der Waals surface area contributed by atoms with Crippen LogP contribution in [0.4, 0.5) is 0 Å². The van der Waals surface area contributed by atoms with Crippen LogP contribution in [0.3, 0.4) is 0 Å². The number of hydrogen-bond acceptors (Lipinski definition) is 3. The lowest BCUT2D eigenvalue weighted by Gasteiger charge is -2.44. The highest BCUT2D eigenvalue weighted by Gasteiger charge is 2.34. The number of aromatic nitrogens is 2. The molecule has 1 saturated heterocycles. The first-order valence-electron chi connectivity index (χ1n) is 9.55. The molecule has 0 aliphatic carbocycles. The first-order chi connectivity index (χ1) is 13.4. The van der Waals surface area contributed by atoms with Crippen molar-refractivity contribution in [2.24, 2.45) is 0 Å². The molecule has 2 unspecified atom stereocenters. The van der Waals surface area contributed by atoms with E-state index in [2.05, 4.69) is 70.7 Å². The Hall–Kier alpha value is -2.69. The third kappa shape index (κ3) is 3.34. The standard InChI is InChI=1S/C23H23N3O/c1-2-5-18(6-3-1)15-25-22-13-20(14-23(25)17-27-16-22)19-7-9-21(10-8-19)26-12-4-11-24-26/h1-13,22-23H,14-17H2. The van der Waals surface area contributed by atoms with E-state index < -0.39 is 0 Å². The van der Waals surface area contributed by atoms with Gasteiger partial charge in [0.05, 0.1) is 24.9 Å². The summed E-state index contributed by atoms with van der Waals surface area (Å²) in [5.41, 5.74) is 5.20. The van der Waals surface area contributed by atoms with Gasteiger partial charge in [0.1, 0.15) is 0 Å². The normalized spacial score (nSPS) is 22.4. The molecule has 2 atom stereocenters. The molecule has 2 bridgehead atoms. The molecule has 1 aromatic heterocycles. The van der Waals surface area contributed by atoms with Crippen LogP contribution < -0.4 is 0 Å². The molecule has 4 nitrogen and oxygen atoms in total. The van der Waals surface area contributed by atoms with Crippen LogP contribution in [0.15, 0.2) is 79.1 Å². The molecule has 27 heavy (non-hydrogen) atoms. The molecular weight excluding hydrogens is 334 g/mol. The van der Waals surface area contributed by atoms with Crippen molar-refractivity contribution in [3.63, 3.8) is 0 Å². The van der Waals surface area contributed by atoms with Crippen molar-refractivity contribution in [3.05, 3.63) is 90.3 Å². The molecule has 0 N–H and O–H groups in total. The fourth-order valence-electron chi connectivity index (χ4n) is 4.17. The van der Waals surface area contributed by atoms with E-state index in [0.717, 1.165) is 31.9 Å². The number of fused-ring (bicyclic) bond motifs is 2. The first kappa shape index (κ1) is 16.5. The first-order valence-corrected chi connectivity index (χ1v) is 9.55. The molecule has 136 valence electrons.